The monoisotopic (exact) mass is 319 g/mol. The number of hydrogen-bond donors (Lipinski definition) is 3. The summed E-state index contributed by atoms with van der Waals surface area (Å²) in [5.41, 5.74) is 6.65. The van der Waals surface area contributed by atoms with Crippen LogP contribution in [0.1, 0.15) is 0 Å². The zero-order valence-corrected chi connectivity index (χ0v) is 10.0. The fraction of sp³-hybridized carbons (Fsp3) is 0. The third-order valence-electron chi connectivity index (χ3n) is 2.05. The number of anilines is 1. The maximum Gasteiger partial charge on any atom is 0.491 e. The summed E-state index contributed by atoms with van der Waals surface area (Å²) in [6.07, 6.45) is 0. The molecule has 6 heteroatoms. The molecule has 1 heterocycles. The lowest BCUT2D eigenvalue weighted by molar-refractivity contribution is 0.426. The van der Waals surface area contributed by atoms with Crippen molar-refractivity contribution < 1.29 is 10.0 Å². The summed E-state index contributed by atoms with van der Waals surface area (Å²) < 4.78 is 1.87. The van der Waals surface area contributed by atoms with Crippen LogP contribution in [0.4, 0.5) is 5.69 Å². The SMILES string of the molecule is Nc1c(I)cc2sccc2c1B(O)O. The van der Waals surface area contributed by atoms with Gasteiger partial charge in [-0.05, 0) is 45.5 Å². The van der Waals surface area contributed by atoms with Crippen LogP contribution in [0, 0.1) is 3.57 Å². The van der Waals surface area contributed by atoms with Gasteiger partial charge < -0.3 is 15.8 Å². The van der Waals surface area contributed by atoms with Gasteiger partial charge in [-0.2, -0.15) is 0 Å². The van der Waals surface area contributed by atoms with Crippen LogP contribution in [0.2, 0.25) is 0 Å². The molecule has 0 aliphatic carbocycles. The molecule has 0 radical (unpaired) electrons. The molecule has 0 aliphatic rings. The minimum absolute atomic E-state index is 0.410. The molecular weight excluding hydrogens is 312 g/mol. The number of nitrogens with two attached hydrogens (primary N) is 1. The predicted molar refractivity (Wildman–Crippen MR) is 68.8 cm³/mol. The van der Waals surface area contributed by atoms with Crippen molar-refractivity contribution in [3.63, 3.8) is 0 Å². The van der Waals surface area contributed by atoms with Crippen LogP contribution in [0.15, 0.2) is 17.5 Å². The number of nitrogen functional groups attached to an aromatic ring is 1. The van der Waals surface area contributed by atoms with E-state index in [2.05, 4.69) is 22.6 Å². The Labute approximate surface area is 98.8 Å². The van der Waals surface area contributed by atoms with E-state index in [0.29, 0.717) is 11.2 Å². The summed E-state index contributed by atoms with van der Waals surface area (Å²) in [5, 5.41) is 21.2. The highest BCUT2D eigenvalue weighted by molar-refractivity contribution is 14.1. The lowest BCUT2D eigenvalue weighted by Gasteiger charge is -2.08. The maximum atomic E-state index is 9.22. The second kappa shape index (κ2) is 3.69. The van der Waals surface area contributed by atoms with Crippen molar-refractivity contribution >= 4 is 62.3 Å². The molecule has 4 N–H and O–H groups in total. The van der Waals surface area contributed by atoms with Crippen molar-refractivity contribution in [3.05, 3.63) is 21.1 Å². The van der Waals surface area contributed by atoms with Gasteiger partial charge in [0.1, 0.15) is 0 Å². The zero-order chi connectivity index (χ0) is 10.3. The van der Waals surface area contributed by atoms with E-state index in [-0.39, 0.29) is 0 Å². The van der Waals surface area contributed by atoms with Gasteiger partial charge in [0.05, 0.1) is 0 Å². The summed E-state index contributed by atoms with van der Waals surface area (Å²) in [5.74, 6) is 0. The number of hydrogen-bond acceptors (Lipinski definition) is 4. The van der Waals surface area contributed by atoms with Gasteiger partial charge in [0.15, 0.2) is 0 Å². The lowest BCUT2D eigenvalue weighted by atomic mass is 9.77. The molecule has 2 rings (SSSR count). The Morgan fingerprint density at radius 1 is 1.43 bits per heavy atom. The maximum absolute atomic E-state index is 9.22. The van der Waals surface area contributed by atoms with Gasteiger partial charge in [-0.3, -0.25) is 0 Å². The van der Waals surface area contributed by atoms with Crippen LogP contribution in [-0.2, 0) is 0 Å². The number of thiophene rings is 1. The second-order valence-electron chi connectivity index (χ2n) is 2.89. The molecule has 1 aromatic carbocycles. The number of halogens is 1. The van der Waals surface area contributed by atoms with Gasteiger partial charge >= 0.3 is 7.12 Å². The van der Waals surface area contributed by atoms with E-state index in [4.69, 9.17) is 5.73 Å². The minimum atomic E-state index is -1.51. The first-order valence-corrected chi connectivity index (χ1v) is 5.88. The topological polar surface area (TPSA) is 66.5 Å². The molecule has 72 valence electrons. The quantitative estimate of drug-likeness (QED) is 0.413. The van der Waals surface area contributed by atoms with E-state index < -0.39 is 7.12 Å². The molecule has 0 amide bonds. The van der Waals surface area contributed by atoms with Crippen LogP contribution >= 0.6 is 33.9 Å². The van der Waals surface area contributed by atoms with Crippen LogP contribution in [0.25, 0.3) is 10.1 Å². The highest BCUT2D eigenvalue weighted by atomic mass is 127. The molecule has 0 aliphatic heterocycles. The van der Waals surface area contributed by atoms with E-state index in [1.54, 1.807) is 11.3 Å². The minimum Gasteiger partial charge on any atom is -0.423 e. The normalized spacial score (nSPS) is 10.8. The number of rotatable bonds is 1. The van der Waals surface area contributed by atoms with Crippen molar-refractivity contribution in [1.29, 1.82) is 0 Å². The summed E-state index contributed by atoms with van der Waals surface area (Å²) in [6, 6.07) is 3.79. The van der Waals surface area contributed by atoms with Gasteiger partial charge in [0.25, 0.3) is 0 Å². The Hall–Kier alpha value is -0.305. The second-order valence-corrected chi connectivity index (χ2v) is 5.00. The standard InChI is InChI=1S/C8H7BINO2S/c10-5-3-6-4(1-2-14-6)7(8(5)11)9(12)13/h1-3,12-13H,11H2. The van der Waals surface area contributed by atoms with Gasteiger partial charge in [-0.1, -0.05) is 0 Å². The molecule has 0 saturated carbocycles. The van der Waals surface area contributed by atoms with Gasteiger partial charge in [0.2, 0.25) is 0 Å². The third kappa shape index (κ3) is 1.52. The first-order chi connectivity index (χ1) is 6.61. The molecule has 2 aromatic rings. The molecule has 1 aromatic heterocycles. The van der Waals surface area contributed by atoms with Crippen LogP contribution in [-0.4, -0.2) is 17.2 Å². The summed E-state index contributed by atoms with van der Waals surface area (Å²) in [6.45, 7) is 0. The van der Waals surface area contributed by atoms with Gasteiger partial charge in [0, 0.05) is 19.4 Å². The number of benzene rings is 1. The highest BCUT2D eigenvalue weighted by Gasteiger charge is 2.20. The van der Waals surface area contributed by atoms with Crippen molar-refractivity contribution in [2.75, 3.05) is 5.73 Å². The van der Waals surface area contributed by atoms with Crippen molar-refractivity contribution in [3.8, 4) is 0 Å². The zero-order valence-electron chi connectivity index (χ0n) is 7.07. The number of fused-ring (bicyclic) bond motifs is 1. The van der Waals surface area contributed by atoms with E-state index in [1.165, 1.54) is 0 Å². The summed E-state index contributed by atoms with van der Waals surface area (Å²) in [4.78, 5) is 0. The molecule has 0 unspecified atom stereocenters. The van der Waals surface area contributed by atoms with Crippen molar-refractivity contribution in [2.24, 2.45) is 0 Å². The predicted octanol–water partition coefficient (Wildman–Crippen LogP) is 0.768. The molecule has 0 bridgehead atoms. The average Bonchev–Trinajstić information content (AvgIpc) is 2.52. The molecule has 0 spiro atoms. The van der Waals surface area contributed by atoms with Crippen LogP contribution < -0.4 is 11.2 Å². The Bertz CT molecular complexity index is 485. The molecule has 3 nitrogen and oxygen atoms in total. The highest BCUT2D eigenvalue weighted by Crippen LogP contribution is 2.25. The summed E-state index contributed by atoms with van der Waals surface area (Å²) in [7, 11) is -1.51. The molecule has 0 atom stereocenters. The molecule has 0 fully saturated rings. The Kier molecular flexibility index (Phi) is 2.69. The Morgan fingerprint density at radius 2 is 2.14 bits per heavy atom. The largest absolute Gasteiger partial charge is 0.491 e. The summed E-state index contributed by atoms with van der Waals surface area (Å²) >= 11 is 3.65. The molecule has 0 saturated heterocycles. The van der Waals surface area contributed by atoms with E-state index in [1.807, 2.05) is 17.5 Å². The molecule has 14 heavy (non-hydrogen) atoms. The molecular formula is C8H7BINO2S. The Balaban J connectivity index is 2.86. The van der Waals surface area contributed by atoms with Crippen LogP contribution in [0.5, 0.6) is 0 Å². The van der Waals surface area contributed by atoms with Gasteiger partial charge in [-0.25, -0.2) is 0 Å². The first-order valence-electron chi connectivity index (χ1n) is 3.92. The fourth-order valence-electron chi connectivity index (χ4n) is 1.40. The van der Waals surface area contributed by atoms with Crippen molar-refractivity contribution in [1.82, 2.24) is 0 Å². The third-order valence-corrected chi connectivity index (χ3v) is 3.81. The average molecular weight is 319 g/mol. The van der Waals surface area contributed by atoms with Crippen LogP contribution in [0.3, 0.4) is 0 Å². The Morgan fingerprint density at radius 3 is 2.79 bits per heavy atom. The van der Waals surface area contributed by atoms with E-state index in [0.717, 1.165) is 13.7 Å². The van der Waals surface area contributed by atoms with Crippen molar-refractivity contribution in [2.45, 2.75) is 0 Å². The van der Waals surface area contributed by atoms with Gasteiger partial charge in [-0.15, -0.1) is 11.3 Å². The first kappa shape index (κ1) is 10.2. The van der Waals surface area contributed by atoms with E-state index >= 15 is 0 Å². The lowest BCUT2D eigenvalue weighted by Crippen LogP contribution is -2.33. The fourth-order valence-corrected chi connectivity index (χ4v) is 3.05. The van der Waals surface area contributed by atoms with E-state index in [9.17, 15) is 10.0 Å². The smallest absolute Gasteiger partial charge is 0.423 e.